The molecule has 1 aromatic carbocycles. The number of nitrogens with two attached hydrogens (primary N) is 1. The van der Waals surface area contributed by atoms with E-state index < -0.39 is 17.7 Å². The van der Waals surface area contributed by atoms with Crippen molar-refractivity contribution in [2.45, 2.75) is 19.4 Å². The number of anilines is 1. The first-order valence-electron chi connectivity index (χ1n) is 7.46. The standard InChI is InChI=1S/C17H20N2O6/c1-23-13(24-2)9-19-8-12(18)15(20)16(14(19)17(21)22)25-10-11-6-4-3-5-7-11/h3-8,13H,9-10,18H2,1-2H3,(H,21,22). The van der Waals surface area contributed by atoms with Gasteiger partial charge in [0.15, 0.2) is 12.0 Å². The van der Waals surface area contributed by atoms with Crippen LogP contribution in [0, 0.1) is 0 Å². The molecule has 2 rings (SSSR count). The van der Waals surface area contributed by atoms with Crippen LogP contribution in [0.15, 0.2) is 41.3 Å². The van der Waals surface area contributed by atoms with Gasteiger partial charge in [0.05, 0.1) is 6.54 Å². The molecule has 0 atom stereocenters. The predicted octanol–water partition coefficient (Wildman–Crippen LogP) is 1.33. The molecule has 134 valence electrons. The first kappa shape index (κ1) is 18.5. The van der Waals surface area contributed by atoms with Crippen molar-refractivity contribution in [3.63, 3.8) is 0 Å². The molecule has 2 aromatic rings. The minimum atomic E-state index is -1.31. The molecule has 0 spiro atoms. The molecule has 0 fully saturated rings. The average Bonchev–Trinajstić information content (AvgIpc) is 2.61. The molecule has 8 nitrogen and oxygen atoms in total. The van der Waals surface area contributed by atoms with Gasteiger partial charge < -0.3 is 29.6 Å². The molecule has 3 N–H and O–H groups in total. The van der Waals surface area contributed by atoms with Crippen LogP contribution in [0.1, 0.15) is 16.1 Å². The molecule has 0 unspecified atom stereocenters. The van der Waals surface area contributed by atoms with Crippen LogP contribution in [0.2, 0.25) is 0 Å². The van der Waals surface area contributed by atoms with Crippen molar-refractivity contribution in [3.05, 3.63) is 58.0 Å². The maximum absolute atomic E-state index is 12.3. The van der Waals surface area contributed by atoms with E-state index in [9.17, 15) is 14.7 Å². The first-order chi connectivity index (χ1) is 12.0. The van der Waals surface area contributed by atoms with E-state index in [1.165, 1.54) is 25.0 Å². The number of hydrogen-bond acceptors (Lipinski definition) is 6. The van der Waals surface area contributed by atoms with Gasteiger partial charge in [0.2, 0.25) is 11.2 Å². The lowest BCUT2D eigenvalue weighted by Crippen LogP contribution is -2.28. The summed E-state index contributed by atoms with van der Waals surface area (Å²) in [5.74, 6) is -1.63. The third kappa shape index (κ3) is 4.37. The van der Waals surface area contributed by atoms with Crippen molar-refractivity contribution < 1.29 is 24.1 Å². The van der Waals surface area contributed by atoms with Crippen LogP contribution in [0.25, 0.3) is 0 Å². The number of carbonyl (C=O) groups is 1. The Morgan fingerprint density at radius 3 is 2.44 bits per heavy atom. The van der Waals surface area contributed by atoms with Crippen LogP contribution in [0.4, 0.5) is 5.69 Å². The highest BCUT2D eigenvalue weighted by molar-refractivity contribution is 5.89. The lowest BCUT2D eigenvalue weighted by molar-refractivity contribution is -0.111. The van der Waals surface area contributed by atoms with Crippen molar-refractivity contribution in [1.29, 1.82) is 0 Å². The SMILES string of the molecule is COC(Cn1cc(N)c(=O)c(OCc2ccccc2)c1C(=O)O)OC. The van der Waals surface area contributed by atoms with Gasteiger partial charge in [-0.25, -0.2) is 4.79 Å². The first-order valence-corrected chi connectivity index (χ1v) is 7.46. The number of benzene rings is 1. The number of carboxylic acid groups (broad SMARTS) is 1. The van der Waals surface area contributed by atoms with Crippen molar-refractivity contribution >= 4 is 11.7 Å². The molecule has 0 radical (unpaired) electrons. The summed E-state index contributed by atoms with van der Waals surface area (Å²) in [5, 5.41) is 9.56. The van der Waals surface area contributed by atoms with Crippen LogP contribution in [0.3, 0.4) is 0 Å². The molecule has 0 bridgehead atoms. The van der Waals surface area contributed by atoms with E-state index >= 15 is 0 Å². The second-order valence-corrected chi connectivity index (χ2v) is 5.22. The lowest BCUT2D eigenvalue weighted by atomic mass is 10.2. The summed E-state index contributed by atoms with van der Waals surface area (Å²) in [7, 11) is 2.85. The van der Waals surface area contributed by atoms with Gasteiger partial charge in [-0.2, -0.15) is 0 Å². The zero-order chi connectivity index (χ0) is 18.4. The Kier molecular flexibility index (Phi) is 6.15. The van der Waals surface area contributed by atoms with Crippen molar-refractivity contribution in [2.75, 3.05) is 20.0 Å². The molecule has 0 saturated carbocycles. The highest BCUT2D eigenvalue weighted by Crippen LogP contribution is 2.19. The highest BCUT2D eigenvalue weighted by Gasteiger charge is 2.23. The molecular formula is C17H20N2O6. The van der Waals surface area contributed by atoms with E-state index in [4.69, 9.17) is 19.9 Å². The topological polar surface area (TPSA) is 113 Å². The van der Waals surface area contributed by atoms with Crippen molar-refractivity contribution in [1.82, 2.24) is 4.57 Å². The molecule has 25 heavy (non-hydrogen) atoms. The van der Waals surface area contributed by atoms with Gasteiger partial charge in [-0.3, -0.25) is 4.79 Å². The fourth-order valence-electron chi connectivity index (χ4n) is 2.29. The number of rotatable bonds is 8. The van der Waals surface area contributed by atoms with Crippen LogP contribution < -0.4 is 15.9 Å². The monoisotopic (exact) mass is 348 g/mol. The minimum Gasteiger partial charge on any atom is -0.482 e. The number of methoxy groups -OCH3 is 2. The van der Waals surface area contributed by atoms with Gasteiger partial charge in [0.25, 0.3) is 0 Å². The normalized spacial score (nSPS) is 10.8. The van der Waals surface area contributed by atoms with Crippen LogP contribution in [-0.4, -0.2) is 36.2 Å². The van der Waals surface area contributed by atoms with Gasteiger partial charge in [-0.1, -0.05) is 30.3 Å². The number of hydrogen-bond donors (Lipinski definition) is 2. The Bertz CT molecular complexity index is 784. The summed E-state index contributed by atoms with van der Waals surface area (Å²) in [6.45, 7) is 0.0681. The Morgan fingerprint density at radius 2 is 1.88 bits per heavy atom. The molecule has 0 aliphatic rings. The molecule has 0 aliphatic carbocycles. The van der Waals surface area contributed by atoms with Crippen LogP contribution >= 0.6 is 0 Å². The summed E-state index contributed by atoms with van der Waals surface area (Å²) in [5.41, 5.74) is 5.41. The molecule has 1 aromatic heterocycles. The minimum absolute atomic E-state index is 0.0286. The number of nitrogens with zero attached hydrogens (tertiary/aromatic N) is 1. The molecule has 1 heterocycles. The molecule has 0 amide bonds. The van der Waals surface area contributed by atoms with Gasteiger partial charge in [-0.15, -0.1) is 0 Å². The third-order valence-electron chi connectivity index (χ3n) is 3.57. The van der Waals surface area contributed by atoms with E-state index in [0.717, 1.165) is 5.56 Å². The second-order valence-electron chi connectivity index (χ2n) is 5.22. The summed E-state index contributed by atoms with van der Waals surface area (Å²) < 4.78 is 16.9. The summed E-state index contributed by atoms with van der Waals surface area (Å²) in [6, 6.07) is 9.08. The molecule has 0 saturated heterocycles. The fraction of sp³-hybridized carbons (Fsp3) is 0.294. The van der Waals surface area contributed by atoms with E-state index in [0.29, 0.717) is 0 Å². The van der Waals surface area contributed by atoms with Gasteiger partial charge in [0.1, 0.15) is 12.3 Å². The van der Waals surface area contributed by atoms with Gasteiger partial charge >= 0.3 is 5.97 Å². The van der Waals surface area contributed by atoms with Crippen molar-refractivity contribution in [2.24, 2.45) is 0 Å². The second kappa shape index (κ2) is 8.32. The number of nitrogen functional groups attached to an aromatic ring is 1. The summed E-state index contributed by atoms with van der Waals surface area (Å²) in [6.07, 6.45) is 0.536. The Labute approximate surface area is 144 Å². The highest BCUT2D eigenvalue weighted by atomic mass is 16.7. The van der Waals surface area contributed by atoms with Gasteiger partial charge in [0, 0.05) is 20.4 Å². The predicted molar refractivity (Wildman–Crippen MR) is 90.7 cm³/mol. The third-order valence-corrected chi connectivity index (χ3v) is 3.57. The zero-order valence-corrected chi connectivity index (χ0v) is 14.0. The summed E-state index contributed by atoms with van der Waals surface area (Å²) in [4.78, 5) is 24.0. The molecule has 0 aliphatic heterocycles. The van der Waals surface area contributed by atoms with Crippen LogP contribution in [-0.2, 0) is 22.6 Å². The van der Waals surface area contributed by atoms with Gasteiger partial charge in [-0.05, 0) is 5.56 Å². The van der Waals surface area contributed by atoms with E-state index in [-0.39, 0.29) is 30.3 Å². The van der Waals surface area contributed by atoms with Crippen LogP contribution in [0.5, 0.6) is 5.75 Å². The maximum atomic E-state index is 12.3. The Balaban J connectivity index is 2.44. The largest absolute Gasteiger partial charge is 0.482 e. The zero-order valence-electron chi connectivity index (χ0n) is 14.0. The smallest absolute Gasteiger partial charge is 0.356 e. The average molecular weight is 348 g/mol. The number of pyridine rings is 1. The van der Waals surface area contributed by atoms with E-state index in [2.05, 4.69) is 0 Å². The number of aromatic carboxylic acids is 1. The maximum Gasteiger partial charge on any atom is 0.356 e. The Hall–Kier alpha value is -2.84. The van der Waals surface area contributed by atoms with E-state index in [1.807, 2.05) is 18.2 Å². The lowest BCUT2D eigenvalue weighted by Gasteiger charge is -2.20. The number of carboxylic acids is 1. The quantitative estimate of drug-likeness (QED) is 0.692. The fourth-order valence-corrected chi connectivity index (χ4v) is 2.29. The number of ether oxygens (including phenoxy) is 3. The van der Waals surface area contributed by atoms with Crippen molar-refractivity contribution in [3.8, 4) is 5.75 Å². The Morgan fingerprint density at radius 1 is 1.24 bits per heavy atom. The summed E-state index contributed by atoms with van der Waals surface area (Å²) >= 11 is 0. The molecular weight excluding hydrogens is 328 g/mol. The molecule has 8 heteroatoms. The number of aromatic nitrogens is 1. The van der Waals surface area contributed by atoms with E-state index in [1.54, 1.807) is 12.1 Å².